The molecule has 90 valence electrons. The molecule has 3 heterocycles. The molecule has 0 N–H and O–H groups in total. The predicted molar refractivity (Wildman–Crippen MR) is 65.8 cm³/mol. The SMILES string of the molecule is O=S1(=O)CCC(c2cn3ccccc3n2)CC1. The van der Waals surface area contributed by atoms with E-state index < -0.39 is 9.84 Å². The summed E-state index contributed by atoms with van der Waals surface area (Å²) < 4.78 is 24.7. The first-order valence-corrected chi connectivity index (χ1v) is 7.60. The first-order chi connectivity index (χ1) is 8.14. The summed E-state index contributed by atoms with van der Waals surface area (Å²) in [6.45, 7) is 0. The molecule has 2 aromatic rings. The molecule has 1 saturated heterocycles. The fourth-order valence-electron chi connectivity index (χ4n) is 2.34. The van der Waals surface area contributed by atoms with Crippen LogP contribution in [0.25, 0.3) is 5.65 Å². The van der Waals surface area contributed by atoms with Crippen LogP contribution in [0.1, 0.15) is 24.5 Å². The summed E-state index contributed by atoms with van der Waals surface area (Å²) in [5.74, 6) is 0.885. The molecule has 5 heteroatoms. The van der Waals surface area contributed by atoms with Crippen LogP contribution >= 0.6 is 0 Å². The van der Waals surface area contributed by atoms with Crippen LogP contribution in [-0.2, 0) is 9.84 Å². The lowest BCUT2D eigenvalue weighted by Crippen LogP contribution is -2.22. The zero-order valence-corrected chi connectivity index (χ0v) is 10.2. The summed E-state index contributed by atoms with van der Waals surface area (Å²) in [5.41, 5.74) is 1.95. The summed E-state index contributed by atoms with van der Waals surface area (Å²) in [6, 6.07) is 5.88. The van der Waals surface area contributed by atoms with Gasteiger partial charge >= 0.3 is 0 Å². The number of pyridine rings is 1. The van der Waals surface area contributed by atoms with Crippen molar-refractivity contribution in [2.75, 3.05) is 11.5 Å². The molecule has 0 amide bonds. The highest BCUT2D eigenvalue weighted by molar-refractivity contribution is 7.91. The zero-order chi connectivity index (χ0) is 11.9. The van der Waals surface area contributed by atoms with Gasteiger partial charge in [0.25, 0.3) is 0 Å². The second kappa shape index (κ2) is 3.84. The Morgan fingerprint density at radius 1 is 1.24 bits per heavy atom. The maximum Gasteiger partial charge on any atom is 0.150 e. The van der Waals surface area contributed by atoms with Crippen LogP contribution in [-0.4, -0.2) is 29.3 Å². The minimum absolute atomic E-state index is 0.290. The van der Waals surface area contributed by atoms with Crippen LogP contribution in [0, 0.1) is 0 Å². The normalized spacial score (nSPS) is 20.7. The van der Waals surface area contributed by atoms with E-state index in [4.69, 9.17) is 0 Å². The standard InChI is InChI=1S/C12H14N2O2S/c15-17(16)7-4-10(5-8-17)11-9-14-6-2-1-3-12(14)13-11/h1-3,6,9-10H,4-5,7-8H2. The number of imidazole rings is 1. The third-order valence-electron chi connectivity index (χ3n) is 3.36. The van der Waals surface area contributed by atoms with E-state index in [1.54, 1.807) is 0 Å². The molecule has 1 fully saturated rings. The monoisotopic (exact) mass is 250 g/mol. The molecule has 1 aliphatic heterocycles. The average molecular weight is 250 g/mol. The van der Waals surface area contributed by atoms with Gasteiger partial charge in [-0.15, -0.1) is 0 Å². The number of hydrogen-bond acceptors (Lipinski definition) is 3. The molecule has 0 atom stereocenters. The van der Waals surface area contributed by atoms with E-state index in [9.17, 15) is 8.42 Å². The Hall–Kier alpha value is -1.36. The summed E-state index contributed by atoms with van der Waals surface area (Å²) >= 11 is 0. The van der Waals surface area contributed by atoms with Crippen molar-refractivity contribution in [2.45, 2.75) is 18.8 Å². The average Bonchev–Trinajstić information content (AvgIpc) is 2.72. The van der Waals surface area contributed by atoms with E-state index in [-0.39, 0.29) is 0 Å². The van der Waals surface area contributed by atoms with Crippen LogP contribution in [0.4, 0.5) is 0 Å². The Morgan fingerprint density at radius 2 is 2.00 bits per heavy atom. The summed E-state index contributed by atoms with van der Waals surface area (Å²) in [4.78, 5) is 4.55. The Labute approximate surface area is 100 Å². The molecule has 0 aliphatic carbocycles. The molecule has 1 aliphatic rings. The molecule has 4 nitrogen and oxygen atoms in total. The summed E-state index contributed by atoms with van der Waals surface area (Å²) in [6.07, 6.45) is 5.38. The molecule has 0 aromatic carbocycles. The molecule has 0 spiro atoms. The van der Waals surface area contributed by atoms with Crippen LogP contribution in [0.15, 0.2) is 30.6 Å². The van der Waals surface area contributed by atoms with Gasteiger partial charge in [-0.25, -0.2) is 13.4 Å². The van der Waals surface area contributed by atoms with Crippen molar-refractivity contribution in [1.29, 1.82) is 0 Å². The Balaban J connectivity index is 1.90. The van der Waals surface area contributed by atoms with Gasteiger partial charge in [0.1, 0.15) is 15.5 Å². The van der Waals surface area contributed by atoms with E-state index in [1.165, 1.54) is 0 Å². The third-order valence-corrected chi connectivity index (χ3v) is 5.07. The molecule has 3 rings (SSSR count). The number of nitrogens with zero attached hydrogens (tertiary/aromatic N) is 2. The lowest BCUT2D eigenvalue weighted by atomic mass is 10.00. The van der Waals surface area contributed by atoms with Gasteiger partial charge in [0.15, 0.2) is 0 Å². The van der Waals surface area contributed by atoms with Gasteiger partial charge in [-0.1, -0.05) is 6.07 Å². The predicted octanol–water partition coefficient (Wildman–Crippen LogP) is 1.63. The zero-order valence-electron chi connectivity index (χ0n) is 9.41. The van der Waals surface area contributed by atoms with Crippen LogP contribution < -0.4 is 0 Å². The number of fused-ring (bicyclic) bond motifs is 1. The van der Waals surface area contributed by atoms with Gasteiger partial charge in [-0.2, -0.15) is 0 Å². The molecule has 0 radical (unpaired) electrons. The molecule has 0 unspecified atom stereocenters. The van der Waals surface area contributed by atoms with Crippen molar-refractivity contribution < 1.29 is 8.42 Å². The lowest BCUT2D eigenvalue weighted by molar-refractivity contribution is 0.546. The maximum atomic E-state index is 11.4. The van der Waals surface area contributed by atoms with Crippen molar-refractivity contribution >= 4 is 15.5 Å². The molecular formula is C12H14N2O2S. The molecule has 0 saturated carbocycles. The van der Waals surface area contributed by atoms with Gasteiger partial charge < -0.3 is 4.40 Å². The summed E-state index contributed by atoms with van der Waals surface area (Å²) in [5, 5.41) is 0. The largest absolute Gasteiger partial charge is 0.307 e. The maximum absolute atomic E-state index is 11.4. The number of hydrogen-bond donors (Lipinski definition) is 0. The third kappa shape index (κ3) is 2.07. The highest BCUT2D eigenvalue weighted by Gasteiger charge is 2.26. The smallest absolute Gasteiger partial charge is 0.150 e. The van der Waals surface area contributed by atoms with Crippen molar-refractivity contribution in [3.05, 3.63) is 36.3 Å². The van der Waals surface area contributed by atoms with Crippen LogP contribution in [0.3, 0.4) is 0 Å². The van der Waals surface area contributed by atoms with E-state index in [0.29, 0.717) is 30.3 Å². The van der Waals surface area contributed by atoms with Crippen molar-refractivity contribution in [3.8, 4) is 0 Å². The second-order valence-electron chi connectivity index (χ2n) is 4.56. The first-order valence-electron chi connectivity index (χ1n) is 5.78. The Morgan fingerprint density at radius 3 is 2.71 bits per heavy atom. The van der Waals surface area contributed by atoms with E-state index in [0.717, 1.165) is 11.3 Å². The van der Waals surface area contributed by atoms with E-state index >= 15 is 0 Å². The number of aromatic nitrogens is 2. The molecule has 2 aromatic heterocycles. The van der Waals surface area contributed by atoms with Crippen molar-refractivity contribution in [1.82, 2.24) is 9.38 Å². The fraction of sp³-hybridized carbons (Fsp3) is 0.417. The van der Waals surface area contributed by atoms with Crippen molar-refractivity contribution in [3.63, 3.8) is 0 Å². The van der Waals surface area contributed by atoms with Gasteiger partial charge in [-0.3, -0.25) is 0 Å². The molecule has 17 heavy (non-hydrogen) atoms. The minimum Gasteiger partial charge on any atom is -0.307 e. The van der Waals surface area contributed by atoms with E-state index in [1.807, 2.05) is 35.0 Å². The van der Waals surface area contributed by atoms with Crippen LogP contribution in [0.5, 0.6) is 0 Å². The van der Waals surface area contributed by atoms with Gasteiger partial charge in [-0.05, 0) is 25.0 Å². The van der Waals surface area contributed by atoms with Gasteiger partial charge in [0, 0.05) is 18.3 Å². The minimum atomic E-state index is -2.79. The first kappa shape index (κ1) is 10.8. The Kier molecular flexibility index (Phi) is 2.43. The fourth-order valence-corrected chi connectivity index (χ4v) is 3.83. The summed E-state index contributed by atoms with van der Waals surface area (Å²) in [7, 11) is -2.79. The molecular weight excluding hydrogens is 236 g/mol. The lowest BCUT2D eigenvalue weighted by Gasteiger charge is -2.19. The number of sulfone groups is 1. The van der Waals surface area contributed by atoms with Crippen molar-refractivity contribution in [2.24, 2.45) is 0 Å². The highest BCUT2D eigenvalue weighted by Crippen LogP contribution is 2.28. The topological polar surface area (TPSA) is 51.4 Å². The van der Waals surface area contributed by atoms with E-state index in [2.05, 4.69) is 4.98 Å². The number of rotatable bonds is 1. The Bertz CT molecular complexity index is 598. The highest BCUT2D eigenvalue weighted by atomic mass is 32.2. The van der Waals surface area contributed by atoms with Gasteiger partial charge in [0.05, 0.1) is 17.2 Å². The quantitative estimate of drug-likeness (QED) is 0.773. The van der Waals surface area contributed by atoms with Gasteiger partial charge in [0.2, 0.25) is 0 Å². The molecule has 0 bridgehead atoms. The second-order valence-corrected chi connectivity index (χ2v) is 6.86. The van der Waals surface area contributed by atoms with Crippen LogP contribution in [0.2, 0.25) is 0 Å².